The van der Waals surface area contributed by atoms with E-state index < -0.39 is 6.04 Å². The average molecular weight is 178 g/mol. The SMILES string of the molecule is CSCC[C@H](N)C(=O)NCO. The van der Waals surface area contributed by atoms with E-state index in [4.69, 9.17) is 10.8 Å². The van der Waals surface area contributed by atoms with Crippen LogP contribution in [0, 0.1) is 0 Å². The molecule has 0 fully saturated rings. The highest BCUT2D eigenvalue weighted by Crippen LogP contribution is 1.97. The second-order valence-corrected chi connectivity index (χ2v) is 3.07. The van der Waals surface area contributed by atoms with E-state index in [1.165, 1.54) is 0 Å². The molecule has 0 aromatic rings. The quantitative estimate of drug-likeness (QED) is 0.478. The van der Waals surface area contributed by atoms with E-state index in [1.54, 1.807) is 11.8 Å². The molecule has 1 amide bonds. The van der Waals surface area contributed by atoms with Crippen LogP contribution in [0.2, 0.25) is 0 Å². The van der Waals surface area contributed by atoms with Gasteiger partial charge in [-0.3, -0.25) is 4.79 Å². The maximum atomic E-state index is 10.8. The first-order chi connectivity index (χ1) is 5.22. The summed E-state index contributed by atoms with van der Waals surface area (Å²) in [5.41, 5.74) is 5.45. The Bertz CT molecular complexity index is 121. The number of hydrogen-bond acceptors (Lipinski definition) is 4. The normalized spacial score (nSPS) is 12.6. The Morgan fingerprint density at radius 1 is 1.82 bits per heavy atom. The first kappa shape index (κ1) is 10.7. The van der Waals surface area contributed by atoms with Crippen LogP contribution in [0.25, 0.3) is 0 Å². The van der Waals surface area contributed by atoms with Gasteiger partial charge in [0.1, 0.15) is 6.73 Å². The average Bonchev–Trinajstić information content (AvgIpc) is 2.00. The number of carbonyl (C=O) groups is 1. The van der Waals surface area contributed by atoms with Gasteiger partial charge >= 0.3 is 0 Å². The minimum absolute atomic E-state index is 0.290. The number of nitrogens with two attached hydrogens (primary N) is 1. The molecule has 4 nitrogen and oxygen atoms in total. The molecule has 0 aliphatic carbocycles. The maximum absolute atomic E-state index is 10.8. The third-order valence-electron chi connectivity index (χ3n) is 1.22. The zero-order valence-electron chi connectivity index (χ0n) is 6.54. The van der Waals surface area contributed by atoms with Gasteiger partial charge in [0.25, 0.3) is 0 Å². The Hall–Kier alpha value is -0.260. The molecule has 1 atom stereocenters. The molecule has 0 aromatic heterocycles. The predicted molar refractivity (Wildman–Crippen MR) is 46.2 cm³/mol. The number of aliphatic hydroxyl groups excluding tert-OH is 1. The standard InChI is InChI=1S/C6H14N2O2S/c1-11-3-2-5(7)6(10)8-4-9/h5,9H,2-4,7H2,1H3,(H,8,10)/t5-/m0/s1. The molecule has 11 heavy (non-hydrogen) atoms. The first-order valence-corrected chi connectivity index (χ1v) is 4.74. The molecule has 0 unspecified atom stereocenters. The number of carbonyl (C=O) groups excluding carboxylic acids is 1. The zero-order valence-corrected chi connectivity index (χ0v) is 7.36. The number of rotatable bonds is 5. The van der Waals surface area contributed by atoms with Crippen molar-refractivity contribution in [3.63, 3.8) is 0 Å². The Morgan fingerprint density at radius 2 is 2.45 bits per heavy atom. The monoisotopic (exact) mass is 178 g/mol. The first-order valence-electron chi connectivity index (χ1n) is 3.35. The summed E-state index contributed by atoms with van der Waals surface area (Å²) in [6, 6.07) is -0.491. The summed E-state index contributed by atoms with van der Waals surface area (Å²) in [6.07, 6.45) is 2.60. The van der Waals surface area contributed by atoms with Gasteiger partial charge in [-0.2, -0.15) is 11.8 Å². The van der Waals surface area contributed by atoms with Crippen LogP contribution in [0.3, 0.4) is 0 Å². The number of thioether (sulfide) groups is 1. The van der Waals surface area contributed by atoms with Crippen LogP contribution in [0.1, 0.15) is 6.42 Å². The van der Waals surface area contributed by atoms with Crippen molar-refractivity contribution in [3.8, 4) is 0 Å². The summed E-state index contributed by atoms with van der Waals surface area (Å²) in [6.45, 7) is -0.341. The molecule has 0 aliphatic rings. The van der Waals surface area contributed by atoms with Gasteiger partial charge in [0, 0.05) is 0 Å². The van der Waals surface area contributed by atoms with Gasteiger partial charge in [-0.05, 0) is 18.4 Å². The van der Waals surface area contributed by atoms with E-state index in [0.717, 1.165) is 5.75 Å². The van der Waals surface area contributed by atoms with Gasteiger partial charge in [-0.1, -0.05) is 0 Å². The van der Waals surface area contributed by atoms with Gasteiger partial charge in [0.05, 0.1) is 6.04 Å². The van der Waals surface area contributed by atoms with E-state index in [2.05, 4.69) is 5.32 Å². The molecule has 0 spiro atoms. The van der Waals surface area contributed by atoms with Crippen LogP contribution in [0.15, 0.2) is 0 Å². The summed E-state index contributed by atoms with van der Waals surface area (Å²) >= 11 is 1.64. The number of hydrogen-bond donors (Lipinski definition) is 3. The van der Waals surface area contributed by atoms with Crippen molar-refractivity contribution in [2.45, 2.75) is 12.5 Å². The highest BCUT2D eigenvalue weighted by atomic mass is 32.2. The lowest BCUT2D eigenvalue weighted by atomic mass is 10.2. The Morgan fingerprint density at radius 3 is 2.91 bits per heavy atom. The lowest BCUT2D eigenvalue weighted by Gasteiger charge is -2.08. The highest BCUT2D eigenvalue weighted by molar-refractivity contribution is 7.98. The summed E-state index contributed by atoms with van der Waals surface area (Å²) in [5, 5.41) is 10.6. The fourth-order valence-corrected chi connectivity index (χ4v) is 1.07. The minimum Gasteiger partial charge on any atom is -0.376 e. The summed E-state index contributed by atoms with van der Waals surface area (Å²) < 4.78 is 0. The topological polar surface area (TPSA) is 75.4 Å². The fourth-order valence-electron chi connectivity index (χ4n) is 0.585. The Labute approximate surface area is 70.5 Å². The van der Waals surface area contributed by atoms with Crippen LogP contribution < -0.4 is 11.1 Å². The number of amides is 1. The van der Waals surface area contributed by atoms with Crippen LogP contribution in [0.5, 0.6) is 0 Å². The van der Waals surface area contributed by atoms with E-state index in [1.807, 2.05) is 6.26 Å². The molecule has 0 saturated carbocycles. The highest BCUT2D eigenvalue weighted by Gasteiger charge is 2.10. The zero-order chi connectivity index (χ0) is 8.69. The smallest absolute Gasteiger partial charge is 0.238 e. The van der Waals surface area contributed by atoms with E-state index in [-0.39, 0.29) is 12.6 Å². The minimum atomic E-state index is -0.491. The molecule has 5 heteroatoms. The fraction of sp³-hybridized carbons (Fsp3) is 0.833. The second-order valence-electron chi connectivity index (χ2n) is 2.09. The number of nitrogens with one attached hydrogen (secondary N) is 1. The molecular formula is C6H14N2O2S. The van der Waals surface area contributed by atoms with Crippen molar-refractivity contribution in [3.05, 3.63) is 0 Å². The van der Waals surface area contributed by atoms with Crippen molar-refractivity contribution < 1.29 is 9.90 Å². The molecule has 0 saturated heterocycles. The van der Waals surface area contributed by atoms with Crippen LogP contribution in [0.4, 0.5) is 0 Å². The summed E-state index contributed by atoms with van der Waals surface area (Å²) in [7, 11) is 0. The van der Waals surface area contributed by atoms with Gasteiger partial charge in [-0.15, -0.1) is 0 Å². The third kappa shape index (κ3) is 5.06. The van der Waals surface area contributed by atoms with E-state index in [9.17, 15) is 4.79 Å². The Balaban J connectivity index is 3.46. The van der Waals surface area contributed by atoms with Gasteiger partial charge in [0.15, 0.2) is 0 Å². The van der Waals surface area contributed by atoms with Crippen molar-refractivity contribution >= 4 is 17.7 Å². The largest absolute Gasteiger partial charge is 0.376 e. The molecule has 0 rings (SSSR count). The van der Waals surface area contributed by atoms with E-state index in [0.29, 0.717) is 6.42 Å². The van der Waals surface area contributed by atoms with Crippen molar-refractivity contribution in [1.82, 2.24) is 5.32 Å². The molecule has 0 aliphatic heterocycles. The molecular weight excluding hydrogens is 164 g/mol. The lowest BCUT2D eigenvalue weighted by molar-refractivity contribution is -0.123. The Kier molecular flexibility index (Phi) is 6.30. The van der Waals surface area contributed by atoms with Gasteiger partial charge in [-0.25, -0.2) is 0 Å². The summed E-state index contributed by atoms with van der Waals surface area (Å²) in [5.74, 6) is 0.571. The van der Waals surface area contributed by atoms with Gasteiger partial charge < -0.3 is 16.2 Å². The van der Waals surface area contributed by atoms with Crippen molar-refractivity contribution in [2.24, 2.45) is 5.73 Å². The van der Waals surface area contributed by atoms with Crippen LogP contribution in [-0.4, -0.2) is 35.8 Å². The van der Waals surface area contributed by atoms with Crippen LogP contribution in [-0.2, 0) is 4.79 Å². The van der Waals surface area contributed by atoms with E-state index >= 15 is 0 Å². The van der Waals surface area contributed by atoms with Crippen molar-refractivity contribution in [1.29, 1.82) is 0 Å². The maximum Gasteiger partial charge on any atom is 0.238 e. The van der Waals surface area contributed by atoms with Crippen molar-refractivity contribution in [2.75, 3.05) is 18.7 Å². The predicted octanol–water partition coefficient (Wildman–Crippen LogP) is -0.867. The van der Waals surface area contributed by atoms with Crippen LogP contribution >= 0.6 is 11.8 Å². The third-order valence-corrected chi connectivity index (χ3v) is 1.87. The molecule has 0 radical (unpaired) electrons. The summed E-state index contributed by atoms with van der Waals surface area (Å²) in [4.78, 5) is 10.8. The molecule has 4 N–H and O–H groups in total. The molecule has 0 bridgehead atoms. The molecule has 66 valence electrons. The molecule has 0 aromatic carbocycles. The molecule has 0 heterocycles. The number of aliphatic hydroxyl groups is 1. The second kappa shape index (κ2) is 6.45. The lowest BCUT2D eigenvalue weighted by Crippen LogP contribution is -2.41. The van der Waals surface area contributed by atoms with Gasteiger partial charge in [0.2, 0.25) is 5.91 Å².